The summed E-state index contributed by atoms with van der Waals surface area (Å²) in [6.07, 6.45) is -3.64. The zero-order chi connectivity index (χ0) is 13.6. The highest BCUT2D eigenvalue weighted by molar-refractivity contribution is 9.09. The molecule has 0 spiro atoms. The standard InChI is InChI=1S/C12H13BrClF3O/c13-6-10(7-18-8-12(15,16)17)4-9-2-1-3-11(14)5-9/h1-3,5,10H,4,6-8H2. The van der Waals surface area contributed by atoms with E-state index in [2.05, 4.69) is 20.7 Å². The Bertz CT molecular complexity index is 371. The van der Waals surface area contributed by atoms with Gasteiger partial charge in [0, 0.05) is 10.4 Å². The van der Waals surface area contributed by atoms with Crippen LogP contribution in [-0.4, -0.2) is 24.7 Å². The van der Waals surface area contributed by atoms with Crippen molar-refractivity contribution < 1.29 is 17.9 Å². The molecule has 0 radical (unpaired) electrons. The first-order chi connectivity index (χ1) is 8.40. The highest BCUT2D eigenvalue weighted by Gasteiger charge is 2.27. The zero-order valence-electron chi connectivity index (χ0n) is 9.51. The maximum atomic E-state index is 11.9. The fraction of sp³-hybridized carbons (Fsp3) is 0.500. The summed E-state index contributed by atoms with van der Waals surface area (Å²) in [4.78, 5) is 0. The lowest BCUT2D eigenvalue weighted by molar-refractivity contribution is -0.176. The number of benzene rings is 1. The molecule has 0 amide bonds. The second kappa shape index (κ2) is 7.36. The molecule has 18 heavy (non-hydrogen) atoms. The minimum absolute atomic E-state index is 0.00850. The molecule has 6 heteroatoms. The highest BCUT2D eigenvalue weighted by atomic mass is 79.9. The van der Waals surface area contributed by atoms with Crippen molar-refractivity contribution in [2.45, 2.75) is 12.6 Å². The molecule has 1 nitrogen and oxygen atoms in total. The number of hydrogen-bond acceptors (Lipinski definition) is 1. The summed E-state index contributed by atoms with van der Waals surface area (Å²) in [5.74, 6) is -0.00850. The summed E-state index contributed by atoms with van der Waals surface area (Å²) in [5, 5.41) is 1.20. The number of ether oxygens (including phenoxy) is 1. The van der Waals surface area contributed by atoms with E-state index >= 15 is 0 Å². The molecule has 1 aromatic rings. The molecule has 102 valence electrons. The molecule has 0 N–H and O–H groups in total. The fourth-order valence-electron chi connectivity index (χ4n) is 1.50. The zero-order valence-corrected chi connectivity index (χ0v) is 11.9. The van der Waals surface area contributed by atoms with Gasteiger partial charge < -0.3 is 4.74 Å². The van der Waals surface area contributed by atoms with Crippen LogP contribution < -0.4 is 0 Å². The maximum absolute atomic E-state index is 11.9. The second-order valence-electron chi connectivity index (χ2n) is 3.98. The van der Waals surface area contributed by atoms with Crippen LogP contribution in [0.2, 0.25) is 5.02 Å². The van der Waals surface area contributed by atoms with Gasteiger partial charge in [0.1, 0.15) is 6.61 Å². The molecular formula is C12H13BrClF3O. The monoisotopic (exact) mass is 344 g/mol. The fourth-order valence-corrected chi connectivity index (χ4v) is 2.13. The minimum Gasteiger partial charge on any atom is -0.372 e. The van der Waals surface area contributed by atoms with E-state index in [-0.39, 0.29) is 12.5 Å². The molecule has 0 heterocycles. The lowest BCUT2D eigenvalue weighted by Gasteiger charge is -2.15. The van der Waals surface area contributed by atoms with E-state index in [1.165, 1.54) is 0 Å². The van der Waals surface area contributed by atoms with Crippen LogP contribution in [0.15, 0.2) is 24.3 Å². The maximum Gasteiger partial charge on any atom is 0.411 e. The van der Waals surface area contributed by atoms with Gasteiger partial charge in [-0.05, 0) is 30.0 Å². The molecule has 1 unspecified atom stereocenters. The average molecular weight is 346 g/mol. The number of rotatable bonds is 6. The van der Waals surface area contributed by atoms with Crippen LogP contribution in [0.1, 0.15) is 5.56 Å². The van der Waals surface area contributed by atoms with E-state index < -0.39 is 12.8 Å². The molecule has 1 rings (SSSR count). The largest absolute Gasteiger partial charge is 0.411 e. The Kier molecular flexibility index (Phi) is 6.46. The van der Waals surface area contributed by atoms with Gasteiger partial charge in [-0.2, -0.15) is 13.2 Å². The Morgan fingerprint density at radius 2 is 2.06 bits per heavy atom. The molecule has 0 aliphatic carbocycles. The van der Waals surface area contributed by atoms with Crippen LogP contribution in [0.5, 0.6) is 0 Å². The van der Waals surface area contributed by atoms with Crippen LogP contribution in [0.3, 0.4) is 0 Å². The van der Waals surface area contributed by atoms with Crippen LogP contribution in [0.25, 0.3) is 0 Å². The molecule has 0 bridgehead atoms. The Balaban J connectivity index is 2.42. The average Bonchev–Trinajstić information content (AvgIpc) is 2.26. The summed E-state index contributed by atoms with van der Waals surface area (Å²) in [5.41, 5.74) is 0.988. The van der Waals surface area contributed by atoms with Crippen LogP contribution in [0.4, 0.5) is 13.2 Å². The highest BCUT2D eigenvalue weighted by Crippen LogP contribution is 2.18. The van der Waals surface area contributed by atoms with Crippen LogP contribution >= 0.6 is 27.5 Å². The minimum atomic E-state index is -4.27. The molecule has 1 atom stereocenters. The van der Waals surface area contributed by atoms with E-state index in [9.17, 15) is 13.2 Å². The van der Waals surface area contributed by atoms with Crippen molar-refractivity contribution in [3.05, 3.63) is 34.9 Å². The first-order valence-electron chi connectivity index (χ1n) is 5.35. The predicted molar refractivity (Wildman–Crippen MR) is 69.3 cm³/mol. The smallest absolute Gasteiger partial charge is 0.372 e. The second-order valence-corrected chi connectivity index (χ2v) is 5.07. The molecule has 0 saturated heterocycles. The number of halogens is 5. The number of alkyl halides is 4. The predicted octanol–water partition coefficient (Wildman–Crippen LogP) is 4.47. The van der Waals surface area contributed by atoms with E-state index in [0.29, 0.717) is 16.8 Å². The van der Waals surface area contributed by atoms with E-state index in [1.807, 2.05) is 12.1 Å². The first-order valence-corrected chi connectivity index (χ1v) is 6.85. The summed E-state index contributed by atoms with van der Waals surface area (Å²) in [6, 6.07) is 7.28. The van der Waals surface area contributed by atoms with Gasteiger partial charge in [0.2, 0.25) is 0 Å². The summed E-state index contributed by atoms with van der Waals surface area (Å²) in [6.45, 7) is -1.14. The summed E-state index contributed by atoms with van der Waals surface area (Å²) < 4.78 is 40.5. The third kappa shape index (κ3) is 6.61. The van der Waals surface area contributed by atoms with Gasteiger partial charge in [-0.3, -0.25) is 0 Å². The van der Waals surface area contributed by atoms with Gasteiger partial charge in [-0.1, -0.05) is 39.7 Å². The van der Waals surface area contributed by atoms with Crippen LogP contribution in [0, 0.1) is 5.92 Å². The van der Waals surface area contributed by atoms with Crippen molar-refractivity contribution in [3.63, 3.8) is 0 Å². The quantitative estimate of drug-likeness (QED) is 0.691. The van der Waals surface area contributed by atoms with Crippen molar-refractivity contribution in [3.8, 4) is 0 Å². The van der Waals surface area contributed by atoms with Gasteiger partial charge in [0.15, 0.2) is 0 Å². The number of hydrogen-bond donors (Lipinski definition) is 0. The Morgan fingerprint density at radius 3 is 2.61 bits per heavy atom. The molecule has 0 aliphatic heterocycles. The van der Waals surface area contributed by atoms with E-state index in [0.717, 1.165) is 5.56 Å². The lowest BCUT2D eigenvalue weighted by atomic mass is 10.0. The summed E-state index contributed by atoms with van der Waals surface area (Å²) >= 11 is 9.12. The van der Waals surface area contributed by atoms with Gasteiger partial charge in [-0.25, -0.2) is 0 Å². The topological polar surface area (TPSA) is 9.23 Å². The van der Waals surface area contributed by atoms with Gasteiger partial charge in [0.25, 0.3) is 0 Å². The normalized spacial score (nSPS) is 13.6. The van der Waals surface area contributed by atoms with E-state index in [4.69, 9.17) is 11.6 Å². The first kappa shape index (κ1) is 15.8. The van der Waals surface area contributed by atoms with E-state index in [1.54, 1.807) is 12.1 Å². The molecular weight excluding hydrogens is 332 g/mol. The Hall–Kier alpha value is -0.260. The van der Waals surface area contributed by atoms with Crippen molar-refractivity contribution in [2.75, 3.05) is 18.5 Å². The third-order valence-corrected chi connectivity index (χ3v) is 3.40. The Morgan fingerprint density at radius 1 is 1.33 bits per heavy atom. The van der Waals surface area contributed by atoms with Gasteiger partial charge in [-0.15, -0.1) is 0 Å². The molecule has 1 aromatic carbocycles. The third-order valence-electron chi connectivity index (χ3n) is 2.25. The molecule has 0 saturated carbocycles. The van der Waals surface area contributed by atoms with Crippen molar-refractivity contribution in [2.24, 2.45) is 5.92 Å². The van der Waals surface area contributed by atoms with Crippen molar-refractivity contribution in [1.82, 2.24) is 0 Å². The van der Waals surface area contributed by atoms with Crippen molar-refractivity contribution >= 4 is 27.5 Å². The van der Waals surface area contributed by atoms with Gasteiger partial charge in [0.05, 0.1) is 6.61 Å². The lowest BCUT2D eigenvalue weighted by Crippen LogP contribution is -2.22. The van der Waals surface area contributed by atoms with Crippen LogP contribution in [-0.2, 0) is 11.2 Å². The van der Waals surface area contributed by atoms with Crippen molar-refractivity contribution in [1.29, 1.82) is 0 Å². The Labute approximate surface area is 117 Å². The summed E-state index contributed by atoms with van der Waals surface area (Å²) in [7, 11) is 0. The van der Waals surface area contributed by atoms with Gasteiger partial charge >= 0.3 is 6.18 Å². The molecule has 0 fully saturated rings. The molecule has 0 aromatic heterocycles. The molecule has 0 aliphatic rings. The SMILES string of the molecule is FC(F)(F)COCC(CBr)Cc1cccc(Cl)c1.